The average molecular weight is 217 g/mol. The Balaban J connectivity index is 1.94. The quantitative estimate of drug-likeness (QED) is 0.826. The Labute approximate surface area is 99.0 Å². The summed E-state index contributed by atoms with van der Waals surface area (Å²) in [4.78, 5) is 0. The minimum atomic E-state index is 0.353. The van der Waals surface area contributed by atoms with Crippen molar-refractivity contribution in [3.8, 4) is 0 Å². The molecule has 0 saturated heterocycles. The van der Waals surface area contributed by atoms with Crippen molar-refractivity contribution in [1.29, 1.82) is 0 Å². The predicted molar refractivity (Wildman–Crippen MR) is 69.4 cm³/mol. The number of rotatable bonds is 3. The number of benzene rings is 1. The molecule has 16 heavy (non-hydrogen) atoms. The molecule has 0 aromatic heterocycles. The van der Waals surface area contributed by atoms with Gasteiger partial charge in [-0.05, 0) is 43.6 Å². The maximum absolute atomic E-state index is 6.32. The zero-order chi connectivity index (χ0) is 11.5. The van der Waals surface area contributed by atoms with Gasteiger partial charge in [-0.15, -0.1) is 0 Å². The van der Waals surface area contributed by atoms with E-state index < -0.39 is 0 Å². The van der Waals surface area contributed by atoms with E-state index in [-0.39, 0.29) is 0 Å². The smallest absolute Gasteiger partial charge is 0.0108 e. The third kappa shape index (κ3) is 2.85. The van der Waals surface area contributed by atoms with Crippen LogP contribution in [-0.2, 0) is 6.42 Å². The average Bonchev–Trinajstić information content (AvgIpc) is 2.65. The lowest BCUT2D eigenvalue weighted by atomic mass is 9.92. The van der Waals surface area contributed by atoms with E-state index in [2.05, 4.69) is 38.1 Å². The first-order valence-electron chi connectivity index (χ1n) is 6.46. The van der Waals surface area contributed by atoms with E-state index in [9.17, 15) is 0 Å². The standard InChI is InChI=1S/C15H23N/c1-11-4-3-5-13(8-11)10-15(16)14-7-6-12(2)9-14/h3-5,8,12,14-15H,6-7,9-10,16H2,1-2H3. The monoisotopic (exact) mass is 217 g/mol. The zero-order valence-electron chi connectivity index (χ0n) is 10.4. The van der Waals surface area contributed by atoms with Crippen molar-refractivity contribution >= 4 is 0 Å². The van der Waals surface area contributed by atoms with Gasteiger partial charge in [0.25, 0.3) is 0 Å². The molecule has 1 saturated carbocycles. The summed E-state index contributed by atoms with van der Waals surface area (Å²) in [6.45, 7) is 4.49. The highest BCUT2D eigenvalue weighted by molar-refractivity contribution is 5.23. The lowest BCUT2D eigenvalue weighted by Crippen LogP contribution is -2.30. The van der Waals surface area contributed by atoms with Crippen molar-refractivity contribution in [2.75, 3.05) is 0 Å². The summed E-state index contributed by atoms with van der Waals surface area (Å²) in [5.41, 5.74) is 9.06. The van der Waals surface area contributed by atoms with E-state index in [0.29, 0.717) is 6.04 Å². The van der Waals surface area contributed by atoms with Crippen LogP contribution in [-0.4, -0.2) is 6.04 Å². The van der Waals surface area contributed by atoms with Crippen LogP contribution in [0.4, 0.5) is 0 Å². The van der Waals surface area contributed by atoms with Crippen molar-refractivity contribution in [2.45, 2.75) is 45.6 Å². The number of hydrogen-bond donors (Lipinski definition) is 1. The van der Waals surface area contributed by atoms with Crippen molar-refractivity contribution in [1.82, 2.24) is 0 Å². The Morgan fingerprint density at radius 2 is 2.19 bits per heavy atom. The van der Waals surface area contributed by atoms with Crippen LogP contribution in [0.2, 0.25) is 0 Å². The van der Waals surface area contributed by atoms with Crippen LogP contribution in [0.15, 0.2) is 24.3 Å². The summed E-state index contributed by atoms with van der Waals surface area (Å²) in [7, 11) is 0. The summed E-state index contributed by atoms with van der Waals surface area (Å²) >= 11 is 0. The van der Waals surface area contributed by atoms with Gasteiger partial charge >= 0.3 is 0 Å². The molecule has 0 amide bonds. The fourth-order valence-corrected chi connectivity index (χ4v) is 2.92. The molecule has 0 radical (unpaired) electrons. The second-order valence-corrected chi connectivity index (χ2v) is 5.54. The Hall–Kier alpha value is -0.820. The van der Waals surface area contributed by atoms with Crippen LogP contribution in [0.1, 0.15) is 37.3 Å². The molecule has 2 rings (SSSR count). The minimum Gasteiger partial charge on any atom is -0.327 e. The molecule has 88 valence electrons. The van der Waals surface area contributed by atoms with Crippen molar-refractivity contribution < 1.29 is 0 Å². The van der Waals surface area contributed by atoms with Crippen LogP contribution in [0.25, 0.3) is 0 Å². The van der Waals surface area contributed by atoms with E-state index in [1.807, 2.05) is 0 Å². The van der Waals surface area contributed by atoms with Crippen LogP contribution in [0.5, 0.6) is 0 Å². The highest BCUT2D eigenvalue weighted by Gasteiger charge is 2.26. The molecular formula is C15H23N. The number of nitrogens with two attached hydrogens (primary N) is 1. The summed E-state index contributed by atoms with van der Waals surface area (Å²) in [6.07, 6.45) is 5.06. The Morgan fingerprint density at radius 3 is 2.81 bits per heavy atom. The van der Waals surface area contributed by atoms with Gasteiger partial charge < -0.3 is 5.73 Å². The summed E-state index contributed by atoms with van der Waals surface area (Å²) in [6, 6.07) is 9.09. The summed E-state index contributed by atoms with van der Waals surface area (Å²) in [5.74, 6) is 1.63. The number of aryl methyl sites for hydroxylation is 1. The van der Waals surface area contributed by atoms with Crippen molar-refractivity contribution in [3.05, 3.63) is 35.4 Å². The Bertz CT molecular complexity index is 345. The maximum Gasteiger partial charge on any atom is 0.0108 e. The normalized spacial score (nSPS) is 26.9. The molecule has 3 atom stereocenters. The second kappa shape index (κ2) is 5.01. The summed E-state index contributed by atoms with van der Waals surface area (Å²) < 4.78 is 0. The van der Waals surface area contributed by atoms with Gasteiger partial charge in [0.1, 0.15) is 0 Å². The van der Waals surface area contributed by atoms with Gasteiger partial charge in [-0.2, -0.15) is 0 Å². The lowest BCUT2D eigenvalue weighted by Gasteiger charge is -2.19. The molecule has 1 aromatic rings. The van der Waals surface area contributed by atoms with Crippen LogP contribution < -0.4 is 5.73 Å². The first-order chi connectivity index (χ1) is 7.65. The molecule has 0 aliphatic heterocycles. The van der Waals surface area contributed by atoms with Crippen molar-refractivity contribution in [3.63, 3.8) is 0 Å². The zero-order valence-corrected chi connectivity index (χ0v) is 10.4. The third-order valence-electron chi connectivity index (χ3n) is 3.89. The van der Waals surface area contributed by atoms with Gasteiger partial charge in [0, 0.05) is 6.04 Å². The molecule has 1 nitrogen and oxygen atoms in total. The molecule has 1 aromatic carbocycles. The van der Waals surface area contributed by atoms with E-state index in [1.54, 1.807) is 0 Å². The third-order valence-corrected chi connectivity index (χ3v) is 3.89. The Morgan fingerprint density at radius 1 is 1.38 bits per heavy atom. The fourth-order valence-electron chi connectivity index (χ4n) is 2.92. The molecule has 2 N–H and O–H groups in total. The van der Waals surface area contributed by atoms with Gasteiger partial charge in [0.15, 0.2) is 0 Å². The van der Waals surface area contributed by atoms with Gasteiger partial charge in [0.2, 0.25) is 0 Å². The van der Waals surface area contributed by atoms with Gasteiger partial charge in [0.05, 0.1) is 0 Å². The molecule has 3 unspecified atom stereocenters. The second-order valence-electron chi connectivity index (χ2n) is 5.54. The molecule has 1 aliphatic carbocycles. The van der Waals surface area contributed by atoms with E-state index in [4.69, 9.17) is 5.73 Å². The fraction of sp³-hybridized carbons (Fsp3) is 0.600. The van der Waals surface area contributed by atoms with Crippen LogP contribution in [0, 0.1) is 18.8 Å². The van der Waals surface area contributed by atoms with E-state index in [0.717, 1.165) is 18.3 Å². The Kier molecular flexibility index (Phi) is 3.65. The molecular weight excluding hydrogens is 194 g/mol. The van der Waals surface area contributed by atoms with E-state index in [1.165, 1.54) is 30.4 Å². The topological polar surface area (TPSA) is 26.0 Å². The van der Waals surface area contributed by atoms with Gasteiger partial charge in [-0.1, -0.05) is 43.2 Å². The molecule has 1 heteroatoms. The van der Waals surface area contributed by atoms with Crippen LogP contribution in [0.3, 0.4) is 0 Å². The minimum absolute atomic E-state index is 0.353. The van der Waals surface area contributed by atoms with E-state index >= 15 is 0 Å². The highest BCUT2D eigenvalue weighted by atomic mass is 14.7. The first kappa shape index (κ1) is 11.7. The SMILES string of the molecule is Cc1cccc(CC(N)C2CCC(C)C2)c1. The largest absolute Gasteiger partial charge is 0.327 e. The summed E-state index contributed by atoms with van der Waals surface area (Å²) in [5, 5.41) is 0. The highest BCUT2D eigenvalue weighted by Crippen LogP contribution is 2.32. The molecule has 0 heterocycles. The predicted octanol–water partition coefficient (Wildman–Crippen LogP) is 3.30. The molecule has 0 spiro atoms. The molecule has 1 aliphatic rings. The maximum atomic E-state index is 6.32. The van der Waals surface area contributed by atoms with Gasteiger partial charge in [-0.25, -0.2) is 0 Å². The van der Waals surface area contributed by atoms with Gasteiger partial charge in [-0.3, -0.25) is 0 Å². The lowest BCUT2D eigenvalue weighted by molar-refractivity contribution is 0.415. The van der Waals surface area contributed by atoms with Crippen molar-refractivity contribution in [2.24, 2.45) is 17.6 Å². The first-order valence-corrected chi connectivity index (χ1v) is 6.46. The number of hydrogen-bond acceptors (Lipinski definition) is 1. The van der Waals surface area contributed by atoms with Crippen LogP contribution >= 0.6 is 0 Å². The molecule has 0 bridgehead atoms. The molecule has 1 fully saturated rings.